The number of nitrogens with zero attached hydrogens (tertiary/aromatic N) is 5. The molecule has 1 aliphatic heterocycles. The zero-order valence-electron chi connectivity index (χ0n) is 12.7. The summed E-state index contributed by atoms with van der Waals surface area (Å²) in [4.78, 5) is 14.8. The van der Waals surface area contributed by atoms with Crippen LogP contribution in [0.4, 0.5) is 0 Å². The first-order valence-electron chi connectivity index (χ1n) is 7.23. The predicted molar refractivity (Wildman–Crippen MR) is 81.0 cm³/mol. The van der Waals surface area contributed by atoms with E-state index in [1.54, 1.807) is 11.3 Å². The molecule has 0 amide bonds. The quantitative estimate of drug-likeness (QED) is 0.840. The second-order valence-corrected chi connectivity index (χ2v) is 6.99. The average molecular weight is 307 g/mol. The number of hydrogen-bond donors (Lipinski definition) is 0. The highest BCUT2D eigenvalue weighted by Crippen LogP contribution is 2.20. The molecule has 0 bridgehead atoms. The second kappa shape index (κ2) is 6.21. The van der Waals surface area contributed by atoms with Crippen LogP contribution in [0.3, 0.4) is 0 Å². The summed E-state index contributed by atoms with van der Waals surface area (Å²) in [5.41, 5.74) is 0. The number of thiazole rings is 1. The normalized spacial score (nSPS) is 19.7. The number of aryl methyl sites for hydroxylation is 2. The van der Waals surface area contributed by atoms with Crippen LogP contribution in [-0.2, 0) is 13.1 Å². The molecular weight excluding hydrogens is 286 g/mol. The summed E-state index contributed by atoms with van der Waals surface area (Å²) in [6, 6.07) is 0.554. The maximum absolute atomic E-state index is 5.03. The molecule has 0 radical (unpaired) electrons. The molecule has 3 rings (SSSR count). The Morgan fingerprint density at radius 2 is 2.33 bits per heavy atom. The molecule has 21 heavy (non-hydrogen) atoms. The number of likely N-dealkylation sites (tertiary alicyclic amines) is 1. The van der Waals surface area contributed by atoms with Gasteiger partial charge < -0.3 is 4.52 Å². The summed E-state index contributed by atoms with van der Waals surface area (Å²) >= 11 is 1.79. The Balaban J connectivity index is 1.51. The first-order chi connectivity index (χ1) is 10.1. The van der Waals surface area contributed by atoms with E-state index in [-0.39, 0.29) is 0 Å². The van der Waals surface area contributed by atoms with E-state index in [0.717, 1.165) is 37.0 Å². The molecule has 114 valence electrons. The zero-order chi connectivity index (χ0) is 14.8. The van der Waals surface area contributed by atoms with Crippen LogP contribution in [0.25, 0.3) is 0 Å². The minimum atomic E-state index is 0.554. The van der Waals surface area contributed by atoms with E-state index in [1.165, 1.54) is 11.3 Å². The highest BCUT2D eigenvalue weighted by Gasteiger charge is 2.26. The molecule has 0 unspecified atom stereocenters. The first-order valence-corrected chi connectivity index (χ1v) is 8.05. The lowest BCUT2D eigenvalue weighted by molar-refractivity contribution is 0.216. The molecule has 0 spiro atoms. The van der Waals surface area contributed by atoms with Crippen LogP contribution in [0.2, 0.25) is 0 Å². The molecule has 2 aromatic rings. The van der Waals surface area contributed by atoms with E-state index in [9.17, 15) is 0 Å². The predicted octanol–water partition coefficient (Wildman–Crippen LogP) is 1.85. The Morgan fingerprint density at radius 3 is 3.00 bits per heavy atom. The van der Waals surface area contributed by atoms with Gasteiger partial charge >= 0.3 is 0 Å². The summed E-state index contributed by atoms with van der Waals surface area (Å²) in [5, 5.41) is 5.11. The third-order valence-corrected chi connectivity index (χ3v) is 4.78. The topological polar surface area (TPSA) is 58.3 Å². The Kier molecular flexibility index (Phi) is 4.32. The van der Waals surface area contributed by atoms with Gasteiger partial charge in [-0.2, -0.15) is 4.98 Å². The Morgan fingerprint density at radius 1 is 1.48 bits per heavy atom. The van der Waals surface area contributed by atoms with Crippen molar-refractivity contribution in [3.63, 3.8) is 0 Å². The summed E-state index contributed by atoms with van der Waals surface area (Å²) in [6.07, 6.45) is 3.18. The molecule has 0 N–H and O–H groups in total. The molecule has 1 saturated heterocycles. The van der Waals surface area contributed by atoms with Crippen molar-refractivity contribution in [2.75, 3.05) is 20.1 Å². The molecule has 7 heteroatoms. The van der Waals surface area contributed by atoms with E-state index < -0.39 is 0 Å². The van der Waals surface area contributed by atoms with Gasteiger partial charge in [0, 0.05) is 43.7 Å². The lowest BCUT2D eigenvalue weighted by atomic mass is 10.2. The summed E-state index contributed by atoms with van der Waals surface area (Å²) in [5.74, 6) is 1.40. The highest BCUT2D eigenvalue weighted by molar-refractivity contribution is 7.11. The lowest BCUT2D eigenvalue weighted by Gasteiger charge is -2.23. The monoisotopic (exact) mass is 307 g/mol. The Labute approximate surface area is 128 Å². The SMILES string of the molecule is Cc1nc(CN(C)[C@H]2CCN(Cc3cnc(C)s3)C2)no1. The van der Waals surface area contributed by atoms with E-state index in [0.29, 0.717) is 11.9 Å². The molecule has 1 aliphatic rings. The van der Waals surface area contributed by atoms with Crippen LogP contribution >= 0.6 is 11.3 Å². The van der Waals surface area contributed by atoms with Gasteiger partial charge in [-0.25, -0.2) is 4.98 Å². The van der Waals surface area contributed by atoms with Gasteiger partial charge in [0.25, 0.3) is 0 Å². The van der Waals surface area contributed by atoms with Gasteiger partial charge in [-0.3, -0.25) is 9.80 Å². The third kappa shape index (κ3) is 3.66. The van der Waals surface area contributed by atoms with E-state index >= 15 is 0 Å². The Bertz CT molecular complexity index is 596. The number of rotatable bonds is 5. The lowest BCUT2D eigenvalue weighted by Crippen LogP contribution is -2.34. The van der Waals surface area contributed by atoms with Gasteiger partial charge in [0.1, 0.15) is 0 Å². The third-order valence-electron chi connectivity index (χ3n) is 3.88. The molecule has 1 atom stereocenters. The highest BCUT2D eigenvalue weighted by atomic mass is 32.1. The van der Waals surface area contributed by atoms with Crippen LogP contribution in [0.1, 0.15) is 28.0 Å². The van der Waals surface area contributed by atoms with Crippen molar-refractivity contribution < 1.29 is 4.52 Å². The van der Waals surface area contributed by atoms with Crippen molar-refractivity contribution in [3.05, 3.63) is 27.8 Å². The second-order valence-electron chi connectivity index (χ2n) is 5.67. The standard InChI is InChI=1S/C14H21N5OS/c1-10-16-14(17-20-10)9-18(3)12-4-5-19(7-12)8-13-6-15-11(2)21-13/h6,12H,4-5,7-9H2,1-3H3/t12-/m0/s1. The fraction of sp³-hybridized carbons (Fsp3) is 0.643. The van der Waals surface area contributed by atoms with Gasteiger partial charge in [-0.1, -0.05) is 5.16 Å². The van der Waals surface area contributed by atoms with Crippen LogP contribution in [0, 0.1) is 13.8 Å². The fourth-order valence-electron chi connectivity index (χ4n) is 2.77. The Hall–Kier alpha value is -1.31. The maximum Gasteiger partial charge on any atom is 0.223 e. The van der Waals surface area contributed by atoms with Crippen molar-refractivity contribution in [1.82, 2.24) is 24.9 Å². The largest absolute Gasteiger partial charge is 0.340 e. The number of aromatic nitrogens is 3. The fourth-order valence-corrected chi connectivity index (χ4v) is 3.61. The van der Waals surface area contributed by atoms with E-state index in [2.05, 4.69) is 38.9 Å². The molecule has 3 heterocycles. The average Bonchev–Trinajstić information content (AvgIpc) is 3.13. The van der Waals surface area contributed by atoms with Gasteiger partial charge in [-0.05, 0) is 20.4 Å². The maximum atomic E-state index is 5.03. The number of likely N-dealkylation sites (N-methyl/N-ethyl adjacent to an activating group) is 1. The zero-order valence-corrected chi connectivity index (χ0v) is 13.6. The molecule has 2 aromatic heterocycles. The van der Waals surface area contributed by atoms with Crippen molar-refractivity contribution >= 4 is 11.3 Å². The summed E-state index contributed by atoms with van der Waals surface area (Å²) in [7, 11) is 2.14. The minimum absolute atomic E-state index is 0.554. The van der Waals surface area contributed by atoms with E-state index in [4.69, 9.17) is 4.52 Å². The van der Waals surface area contributed by atoms with Gasteiger partial charge in [0.2, 0.25) is 5.89 Å². The molecular formula is C14H21N5OS. The van der Waals surface area contributed by atoms with Crippen LogP contribution in [-0.4, -0.2) is 51.1 Å². The van der Waals surface area contributed by atoms with E-state index in [1.807, 2.05) is 13.1 Å². The van der Waals surface area contributed by atoms with Gasteiger partial charge in [0.15, 0.2) is 5.82 Å². The molecule has 0 aromatic carbocycles. The van der Waals surface area contributed by atoms with Gasteiger partial charge in [0.05, 0.1) is 11.6 Å². The van der Waals surface area contributed by atoms with Crippen molar-refractivity contribution in [2.24, 2.45) is 0 Å². The number of hydrogen-bond acceptors (Lipinski definition) is 7. The molecule has 1 fully saturated rings. The van der Waals surface area contributed by atoms with Crippen LogP contribution < -0.4 is 0 Å². The summed E-state index contributed by atoms with van der Waals surface area (Å²) in [6.45, 7) is 7.86. The minimum Gasteiger partial charge on any atom is -0.340 e. The molecule has 0 aliphatic carbocycles. The summed E-state index contributed by atoms with van der Waals surface area (Å²) < 4.78 is 5.03. The first kappa shape index (κ1) is 14.6. The molecule has 6 nitrogen and oxygen atoms in total. The van der Waals surface area contributed by atoms with Crippen molar-refractivity contribution in [1.29, 1.82) is 0 Å². The van der Waals surface area contributed by atoms with Crippen molar-refractivity contribution in [3.8, 4) is 0 Å². The molecule has 0 saturated carbocycles. The van der Waals surface area contributed by atoms with Gasteiger partial charge in [-0.15, -0.1) is 11.3 Å². The van der Waals surface area contributed by atoms with Crippen LogP contribution in [0.15, 0.2) is 10.7 Å². The van der Waals surface area contributed by atoms with Crippen LogP contribution in [0.5, 0.6) is 0 Å². The van der Waals surface area contributed by atoms with Crippen molar-refractivity contribution in [2.45, 2.75) is 39.4 Å². The smallest absolute Gasteiger partial charge is 0.223 e.